The van der Waals surface area contributed by atoms with Crippen molar-refractivity contribution in [3.8, 4) is 0 Å². The van der Waals surface area contributed by atoms with Crippen LogP contribution in [0.25, 0.3) is 0 Å². The summed E-state index contributed by atoms with van der Waals surface area (Å²) in [6.07, 6.45) is 0.132. The minimum atomic E-state index is -0.849. The Morgan fingerprint density at radius 3 is 2.56 bits per heavy atom. The Labute approximate surface area is 106 Å². The van der Waals surface area contributed by atoms with Crippen molar-refractivity contribution >= 4 is 12.1 Å². The molecule has 0 aromatic heterocycles. The molecule has 6 heteroatoms. The maximum Gasteiger partial charge on any atom is 0.407 e. The molecular weight excluding hydrogens is 238 g/mol. The maximum atomic E-state index is 11.6. The SMILES string of the molecule is CC(C)(C)OC(=O)N[C@@H]1C[C@@]2(C(=O)O)CO[C@@H]1C2. The van der Waals surface area contributed by atoms with E-state index in [1.165, 1.54) is 0 Å². The highest BCUT2D eigenvalue weighted by Crippen LogP contribution is 2.46. The molecule has 2 fully saturated rings. The molecule has 2 bridgehead atoms. The highest BCUT2D eigenvalue weighted by Gasteiger charge is 2.57. The monoisotopic (exact) mass is 257 g/mol. The number of carbonyl (C=O) groups excluding carboxylic acids is 1. The number of alkyl carbamates (subject to hydrolysis) is 1. The molecular formula is C12H19NO5. The Hall–Kier alpha value is -1.30. The second-order valence-electron chi connectivity index (χ2n) is 6.10. The van der Waals surface area contributed by atoms with E-state index < -0.39 is 23.1 Å². The van der Waals surface area contributed by atoms with Crippen LogP contribution in [-0.2, 0) is 14.3 Å². The zero-order valence-corrected chi connectivity index (χ0v) is 10.9. The molecule has 1 saturated carbocycles. The molecule has 2 N–H and O–H groups in total. The predicted molar refractivity (Wildman–Crippen MR) is 62.2 cm³/mol. The number of amides is 1. The molecule has 0 radical (unpaired) electrons. The fourth-order valence-electron chi connectivity index (χ4n) is 2.56. The van der Waals surface area contributed by atoms with E-state index in [9.17, 15) is 14.7 Å². The largest absolute Gasteiger partial charge is 0.481 e. The highest BCUT2D eigenvalue weighted by molar-refractivity contribution is 5.76. The molecule has 1 heterocycles. The van der Waals surface area contributed by atoms with Crippen LogP contribution in [0.1, 0.15) is 33.6 Å². The van der Waals surface area contributed by atoms with Gasteiger partial charge in [-0.1, -0.05) is 0 Å². The third-order valence-electron chi connectivity index (χ3n) is 3.38. The molecule has 2 rings (SSSR count). The summed E-state index contributed by atoms with van der Waals surface area (Å²) in [4.78, 5) is 22.8. The van der Waals surface area contributed by atoms with Crippen molar-refractivity contribution in [2.75, 3.05) is 6.61 Å². The van der Waals surface area contributed by atoms with E-state index in [0.29, 0.717) is 12.8 Å². The van der Waals surface area contributed by atoms with E-state index in [2.05, 4.69) is 5.32 Å². The lowest BCUT2D eigenvalue weighted by atomic mass is 9.88. The number of hydrogen-bond donors (Lipinski definition) is 2. The molecule has 6 nitrogen and oxygen atoms in total. The number of carboxylic acid groups (broad SMARTS) is 1. The lowest BCUT2D eigenvalue weighted by molar-refractivity contribution is -0.150. The molecule has 0 aromatic rings. The predicted octanol–water partition coefficient (Wildman–Crippen LogP) is 1.14. The van der Waals surface area contributed by atoms with Crippen LogP contribution in [0.5, 0.6) is 0 Å². The van der Waals surface area contributed by atoms with Gasteiger partial charge in [-0.15, -0.1) is 0 Å². The number of nitrogens with one attached hydrogen (secondary N) is 1. The summed E-state index contributed by atoms with van der Waals surface area (Å²) in [7, 11) is 0. The fourth-order valence-corrected chi connectivity index (χ4v) is 2.56. The topological polar surface area (TPSA) is 84.9 Å². The lowest BCUT2D eigenvalue weighted by Gasteiger charge is -2.28. The summed E-state index contributed by atoms with van der Waals surface area (Å²) in [5.74, 6) is -0.849. The van der Waals surface area contributed by atoms with E-state index in [1.807, 2.05) is 0 Å². The zero-order valence-electron chi connectivity index (χ0n) is 10.9. The number of carbonyl (C=O) groups is 2. The molecule has 2 aliphatic rings. The van der Waals surface area contributed by atoms with Crippen molar-refractivity contribution in [2.45, 2.75) is 51.4 Å². The second-order valence-corrected chi connectivity index (χ2v) is 6.10. The Balaban J connectivity index is 1.94. The number of rotatable bonds is 2. The Morgan fingerprint density at radius 2 is 2.06 bits per heavy atom. The summed E-state index contributed by atoms with van der Waals surface area (Å²) >= 11 is 0. The molecule has 0 spiro atoms. The van der Waals surface area contributed by atoms with Crippen LogP contribution in [0.4, 0.5) is 4.79 Å². The van der Waals surface area contributed by atoms with Gasteiger partial charge in [-0.25, -0.2) is 4.79 Å². The first kappa shape index (κ1) is 13.1. The molecule has 102 valence electrons. The van der Waals surface area contributed by atoms with Crippen LogP contribution in [0, 0.1) is 5.41 Å². The van der Waals surface area contributed by atoms with Gasteiger partial charge in [0.2, 0.25) is 0 Å². The number of ether oxygens (including phenoxy) is 2. The van der Waals surface area contributed by atoms with Crippen LogP contribution in [0.15, 0.2) is 0 Å². The van der Waals surface area contributed by atoms with E-state index in [4.69, 9.17) is 9.47 Å². The van der Waals surface area contributed by atoms with Gasteiger partial charge in [0.05, 0.1) is 24.2 Å². The van der Waals surface area contributed by atoms with Gasteiger partial charge in [0.15, 0.2) is 0 Å². The molecule has 1 saturated heterocycles. The number of carboxylic acids is 1. The molecule has 1 aliphatic heterocycles. The smallest absolute Gasteiger partial charge is 0.407 e. The van der Waals surface area contributed by atoms with E-state index in [1.54, 1.807) is 20.8 Å². The van der Waals surface area contributed by atoms with Crippen molar-refractivity contribution in [1.29, 1.82) is 0 Å². The van der Waals surface area contributed by atoms with Gasteiger partial charge in [-0.2, -0.15) is 0 Å². The Bertz CT molecular complexity index is 375. The number of aliphatic carboxylic acids is 1. The van der Waals surface area contributed by atoms with Crippen molar-refractivity contribution in [3.63, 3.8) is 0 Å². The maximum absolute atomic E-state index is 11.6. The molecule has 1 amide bonds. The average Bonchev–Trinajstić information content (AvgIpc) is 2.72. The molecule has 0 unspecified atom stereocenters. The fraction of sp³-hybridized carbons (Fsp3) is 0.833. The quantitative estimate of drug-likeness (QED) is 0.775. The normalized spacial score (nSPS) is 34.4. The number of hydrogen-bond acceptors (Lipinski definition) is 4. The first-order valence-corrected chi connectivity index (χ1v) is 6.06. The van der Waals surface area contributed by atoms with Gasteiger partial charge >= 0.3 is 12.1 Å². The molecule has 0 aromatic carbocycles. The van der Waals surface area contributed by atoms with Gasteiger partial charge < -0.3 is 19.9 Å². The molecule has 3 atom stereocenters. The van der Waals surface area contributed by atoms with Gasteiger partial charge in [0.1, 0.15) is 5.60 Å². The van der Waals surface area contributed by atoms with Crippen LogP contribution >= 0.6 is 0 Å². The third-order valence-corrected chi connectivity index (χ3v) is 3.38. The summed E-state index contributed by atoms with van der Waals surface area (Å²) in [6, 6.07) is -0.273. The van der Waals surface area contributed by atoms with Crippen molar-refractivity contribution in [3.05, 3.63) is 0 Å². The number of fused-ring (bicyclic) bond motifs is 2. The van der Waals surface area contributed by atoms with E-state index >= 15 is 0 Å². The standard InChI is InChI=1S/C12H19NO5/c1-11(2,3)18-10(16)13-7-4-12(9(14)15)5-8(7)17-6-12/h7-8H,4-6H2,1-3H3,(H,13,16)(H,14,15)/t7-,8-,12+/m1/s1. The highest BCUT2D eigenvalue weighted by atomic mass is 16.6. The van der Waals surface area contributed by atoms with Crippen LogP contribution in [0.3, 0.4) is 0 Å². The first-order chi connectivity index (χ1) is 8.22. The molecule has 1 aliphatic carbocycles. The van der Waals surface area contributed by atoms with Gasteiger partial charge in [0, 0.05) is 0 Å². The third kappa shape index (κ3) is 2.43. The minimum Gasteiger partial charge on any atom is -0.481 e. The summed E-state index contributed by atoms with van der Waals surface area (Å²) in [5, 5.41) is 11.9. The van der Waals surface area contributed by atoms with Gasteiger partial charge in [-0.05, 0) is 33.6 Å². The Morgan fingerprint density at radius 1 is 1.39 bits per heavy atom. The molecule has 18 heavy (non-hydrogen) atoms. The zero-order chi connectivity index (χ0) is 13.6. The average molecular weight is 257 g/mol. The van der Waals surface area contributed by atoms with Crippen molar-refractivity contribution < 1.29 is 24.2 Å². The van der Waals surface area contributed by atoms with Gasteiger partial charge in [0.25, 0.3) is 0 Å². The van der Waals surface area contributed by atoms with Crippen molar-refractivity contribution in [1.82, 2.24) is 5.32 Å². The lowest BCUT2D eigenvalue weighted by Crippen LogP contribution is -2.46. The summed E-state index contributed by atoms with van der Waals surface area (Å²) in [5.41, 5.74) is -1.39. The van der Waals surface area contributed by atoms with Crippen LogP contribution in [-0.4, -0.2) is 41.5 Å². The van der Waals surface area contributed by atoms with Crippen LogP contribution in [0.2, 0.25) is 0 Å². The van der Waals surface area contributed by atoms with Crippen LogP contribution < -0.4 is 5.32 Å². The first-order valence-electron chi connectivity index (χ1n) is 6.06. The van der Waals surface area contributed by atoms with Gasteiger partial charge in [-0.3, -0.25) is 4.79 Å². The van der Waals surface area contributed by atoms with E-state index in [0.717, 1.165) is 0 Å². The minimum absolute atomic E-state index is 0.214. The summed E-state index contributed by atoms with van der Waals surface area (Å²) in [6.45, 7) is 5.58. The van der Waals surface area contributed by atoms with Crippen molar-refractivity contribution in [2.24, 2.45) is 5.41 Å². The second kappa shape index (κ2) is 4.12. The Kier molecular flexibility index (Phi) is 3.01. The summed E-state index contributed by atoms with van der Waals surface area (Å²) < 4.78 is 10.6. The van der Waals surface area contributed by atoms with E-state index in [-0.39, 0.29) is 18.8 Å².